The predicted octanol–water partition coefficient (Wildman–Crippen LogP) is 2.97. The fourth-order valence-electron chi connectivity index (χ4n) is 1.76. The summed E-state index contributed by atoms with van der Waals surface area (Å²) in [6.45, 7) is 4.34. The Labute approximate surface area is 101 Å². The van der Waals surface area contributed by atoms with E-state index in [0.717, 1.165) is 22.6 Å². The van der Waals surface area contributed by atoms with Crippen molar-refractivity contribution in [3.8, 4) is 5.75 Å². The molecule has 1 heterocycles. The van der Waals surface area contributed by atoms with Crippen LogP contribution in [-0.2, 0) is 13.2 Å². The molecule has 1 N–H and O–H groups in total. The maximum absolute atomic E-state index is 8.89. The second-order valence-corrected chi connectivity index (χ2v) is 4.04. The Morgan fingerprint density at radius 1 is 1.06 bits per heavy atom. The number of benzene rings is 1. The minimum atomic E-state index is -0.0800. The zero-order chi connectivity index (χ0) is 12.3. The van der Waals surface area contributed by atoms with Gasteiger partial charge in [-0.1, -0.05) is 18.2 Å². The molecule has 17 heavy (non-hydrogen) atoms. The van der Waals surface area contributed by atoms with E-state index in [1.807, 2.05) is 38.1 Å². The van der Waals surface area contributed by atoms with E-state index >= 15 is 0 Å². The van der Waals surface area contributed by atoms with Gasteiger partial charge in [0.2, 0.25) is 0 Å². The van der Waals surface area contributed by atoms with E-state index in [1.54, 1.807) is 6.07 Å². The average molecular weight is 232 g/mol. The van der Waals surface area contributed by atoms with Gasteiger partial charge in [-0.25, -0.2) is 0 Å². The van der Waals surface area contributed by atoms with E-state index < -0.39 is 0 Å². The largest absolute Gasteiger partial charge is 0.485 e. The number of para-hydroxylation sites is 1. The van der Waals surface area contributed by atoms with Gasteiger partial charge in [0.1, 0.15) is 30.5 Å². The van der Waals surface area contributed by atoms with Crippen LogP contribution in [0.4, 0.5) is 0 Å². The van der Waals surface area contributed by atoms with Crippen LogP contribution in [0.2, 0.25) is 0 Å². The minimum absolute atomic E-state index is 0.0800. The topological polar surface area (TPSA) is 42.6 Å². The molecule has 0 aliphatic rings. The number of ether oxygens (including phenoxy) is 1. The molecular formula is C14H16O3. The lowest BCUT2D eigenvalue weighted by Gasteiger charge is -2.10. The molecule has 0 bridgehead atoms. The normalized spacial score (nSPS) is 10.5. The highest BCUT2D eigenvalue weighted by Crippen LogP contribution is 2.23. The van der Waals surface area contributed by atoms with Crippen LogP contribution < -0.4 is 4.74 Å². The summed E-state index contributed by atoms with van der Waals surface area (Å²) in [5.41, 5.74) is 2.22. The van der Waals surface area contributed by atoms with Crippen molar-refractivity contribution in [3.05, 3.63) is 53.0 Å². The molecule has 2 rings (SSSR count). The number of hydrogen-bond acceptors (Lipinski definition) is 3. The molecule has 2 aromatic rings. The third-order valence-corrected chi connectivity index (χ3v) is 2.64. The smallest absolute Gasteiger partial charge is 0.146 e. The monoisotopic (exact) mass is 232 g/mol. The first-order valence-electron chi connectivity index (χ1n) is 5.58. The van der Waals surface area contributed by atoms with Crippen molar-refractivity contribution in [1.82, 2.24) is 0 Å². The molecule has 0 aliphatic heterocycles. The highest BCUT2D eigenvalue weighted by Gasteiger charge is 2.06. The lowest BCUT2D eigenvalue weighted by Crippen LogP contribution is -1.97. The summed E-state index contributed by atoms with van der Waals surface area (Å²) < 4.78 is 11.1. The van der Waals surface area contributed by atoms with E-state index in [0.29, 0.717) is 12.4 Å². The fourth-order valence-corrected chi connectivity index (χ4v) is 1.76. The number of aliphatic hydroxyl groups is 1. The van der Waals surface area contributed by atoms with Crippen LogP contribution >= 0.6 is 0 Å². The third-order valence-electron chi connectivity index (χ3n) is 2.64. The van der Waals surface area contributed by atoms with Crippen LogP contribution in [0.25, 0.3) is 0 Å². The highest BCUT2D eigenvalue weighted by atomic mass is 16.5. The summed E-state index contributed by atoms with van der Waals surface area (Å²) in [4.78, 5) is 0. The summed E-state index contributed by atoms with van der Waals surface area (Å²) in [7, 11) is 0. The van der Waals surface area contributed by atoms with Crippen molar-refractivity contribution in [3.63, 3.8) is 0 Å². The molecule has 0 fully saturated rings. The molecule has 0 spiro atoms. The van der Waals surface area contributed by atoms with Gasteiger partial charge in [0.15, 0.2) is 0 Å². The summed E-state index contributed by atoms with van der Waals surface area (Å²) in [6, 6.07) is 9.62. The summed E-state index contributed by atoms with van der Waals surface area (Å²) in [5, 5.41) is 8.89. The van der Waals surface area contributed by atoms with Crippen LogP contribution in [0, 0.1) is 13.8 Å². The molecule has 0 amide bonds. The molecule has 1 aromatic heterocycles. The Balaban J connectivity index is 2.07. The minimum Gasteiger partial charge on any atom is -0.485 e. The van der Waals surface area contributed by atoms with Crippen molar-refractivity contribution in [2.24, 2.45) is 0 Å². The van der Waals surface area contributed by atoms with E-state index in [2.05, 4.69) is 0 Å². The summed E-state index contributed by atoms with van der Waals surface area (Å²) in [5.74, 6) is 2.18. The lowest BCUT2D eigenvalue weighted by atomic mass is 10.1. The quantitative estimate of drug-likeness (QED) is 0.881. The van der Waals surface area contributed by atoms with E-state index in [-0.39, 0.29) is 6.61 Å². The molecule has 3 nitrogen and oxygen atoms in total. The van der Waals surface area contributed by atoms with Gasteiger partial charge in [-0.2, -0.15) is 0 Å². The SMILES string of the molecule is Cc1cccc(C)c1OCc1ccc(CO)o1. The third kappa shape index (κ3) is 2.68. The first-order valence-corrected chi connectivity index (χ1v) is 5.58. The van der Waals surface area contributed by atoms with Gasteiger partial charge in [0.25, 0.3) is 0 Å². The molecular weight excluding hydrogens is 216 g/mol. The maximum atomic E-state index is 8.89. The van der Waals surface area contributed by atoms with E-state index in [4.69, 9.17) is 14.3 Å². The number of rotatable bonds is 4. The van der Waals surface area contributed by atoms with Crippen molar-refractivity contribution >= 4 is 0 Å². The van der Waals surface area contributed by atoms with Crippen LogP contribution in [0.3, 0.4) is 0 Å². The average Bonchev–Trinajstić information content (AvgIpc) is 2.76. The molecule has 0 saturated heterocycles. The van der Waals surface area contributed by atoms with Gasteiger partial charge in [0.05, 0.1) is 0 Å². The van der Waals surface area contributed by atoms with E-state index in [9.17, 15) is 0 Å². The number of furan rings is 1. The Kier molecular flexibility index (Phi) is 3.49. The molecule has 0 atom stereocenters. The first kappa shape index (κ1) is 11.7. The molecule has 3 heteroatoms. The highest BCUT2D eigenvalue weighted by molar-refractivity contribution is 5.39. The molecule has 0 aliphatic carbocycles. The number of aliphatic hydroxyl groups excluding tert-OH is 1. The Bertz CT molecular complexity index is 480. The van der Waals surface area contributed by atoms with Gasteiger partial charge in [0, 0.05) is 0 Å². The van der Waals surface area contributed by atoms with Crippen LogP contribution in [-0.4, -0.2) is 5.11 Å². The maximum Gasteiger partial charge on any atom is 0.146 e. The van der Waals surface area contributed by atoms with Gasteiger partial charge < -0.3 is 14.3 Å². The molecule has 0 saturated carbocycles. The molecule has 1 aromatic carbocycles. The van der Waals surface area contributed by atoms with Crippen molar-refractivity contribution in [2.75, 3.05) is 0 Å². The van der Waals surface area contributed by atoms with Crippen molar-refractivity contribution in [2.45, 2.75) is 27.1 Å². The predicted molar refractivity (Wildman–Crippen MR) is 64.9 cm³/mol. The van der Waals surface area contributed by atoms with Crippen molar-refractivity contribution in [1.29, 1.82) is 0 Å². The zero-order valence-corrected chi connectivity index (χ0v) is 10.1. The second kappa shape index (κ2) is 5.06. The van der Waals surface area contributed by atoms with Crippen molar-refractivity contribution < 1.29 is 14.3 Å². The van der Waals surface area contributed by atoms with Crippen LogP contribution in [0.1, 0.15) is 22.6 Å². The zero-order valence-electron chi connectivity index (χ0n) is 10.1. The fraction of sp³-hybridized carbons (Fsp3) is 0.286. The van der Waals surface area contributed by atoms with Gasteiger partial charge in [-0.15, -0.1) is 0 Å². The Morgan fingerprint density at radius 2 is 1.71 bits per heavy atom. The lowest BCUT2D eigenvalue weighted by molar-refractivity contribution is 0.224. The standard InChI is InChI=1S/C14H16O3/c1-10-4-3-5-11(2)14(10)16-9-13-7-6-12(8-15)17-13/h3-7,15H,8-9H2,1-2H3. The molecule has 0 unspecified atom stereocenters. The Hall–Kier alpha value is -1.74. The van der Waals surface area contributed by atoms with Gasteiger partial charge in [-0.05, 0) is 37.1 Å². The van der Waals surface area contributed by atoms with Gasteiger partial charge >= 0.3 is 0 Å². The second-order valence-electron chi connectivity index (χ2n) is 4.04. The number of hydrogen-bond donors (Lipinski definition) is 1. The first-order chi connectivity index (χ1) is 8.20. The summed E-state index contributed by atoms with van der Waals surface area (Å²) >= 11 is 0. The van der Waals surface area contributed by atoms with Crippen LogP contribution in [0.5, 0.6) is 5.75 Å². The van der Waals surface area contributed by atoms with E-state index in [1.165, 1.54) is 0 Å². The molecule has 90 valence electrons. The van der Waals surface area contributed by atoms with Crippen LogP contribution in [0.15, 0.2) is 34.7 Å². The Morgan fingerprint density at radius 3 is 2.29 bits per heavy atom. The number of aryl methyl sites for hydroxylation is 2. The summed E-state index contributed by atoms with van der Waals surface area (Å²) in [6.07, 6.45) is 0. The molecule has 0 radical (unpaired) electrons. The van der Waals surface area contributed by atoms with Gasteiger partial charge in [-0.3, -0.25) is 0 Å².